The van der Waals surface area contributed by atoms with Crippen LogP contribution in [0.1, 0.15) is 13.3 Å². The van der Waals surface area contributed by atoms with Crippen molar-refractivity contribution >= 4 is 51.5 Å². The summed E-state index contributed by atoms with van der Waals surface area (Å²) in [4.78, 5) is 28.5. The molecule has 0 saturated heterocycles. The van der Waals surface area contributed by atoms with Gasteiger partial charge in [0.2, 0.25) is 0 Å². The quantitative estimate of drug-likeness (QED) is 0.514. The molecule has 1 aromatic carbocycles. The Hall–Kier alpha value is -2.03. The van der Waals surface area contributed by atoms with E-state index in [-0.39, 0.29) is 0 Å². The number of carbonyl (C=O) groups is 2. The smallest absolute Gasteiger partial charge is 0.315 e. The van der Waals surface area contributed by atoms with Gasteiger partial charge in [0.1, 0.15) is 21.2 Å². The number of methoxy groups -OCH3 is 2. The zero-order valence-corrected chi connectivity index (χ0v) is 17.7. The Morgan fingerprint density at radius 1 is 1.29 bits per heavy atom. The van der Waals surface area contributed by atoms with Gasteiger partial charge in [0.05, 0.1) is 19.9 Å². The lowest BCUT2D eigenvalue weighted by atomic mass is 10.1. The van der Waals surface area contributed by atoms with E-state index in [1.54, 1.807) is 44.7 Å². The van der Waals surface area contributed by atoms with Crippen LogP contribution in [0.4, 0.5) is 5.13 Å². The van der Waals surface area contributed by atoms with Crippen molar-refractivity contribution in [1.82, 2.24) is 4.98 Å². The molecule has 3 rings (SSSR count). The maximum atomic E-state index is 12.1. The van der Waals surface area contributed by atoms with E-state index < -0.39 is 28.2 Å². The highest BCUT2D eigenvalue weighted by molar-refractivity contribution is 7.14. The van der Waals surface area contributed by atoms with Crippen molar-refractivity contribution in [2.75, 3.05) is 26.1 Å². The molecule has 1 amide bonds. The molecule has 0 aliphatic heterocycles. The van der Waals surface area contributed by atoms with Crippen LogP contribution < -0.4 is 14.8 Å². The fraction of sp³-hybridized carbons (Fsp3) is 0.389. The Morgan fingerprint density at radius 3 is 2.61 bits per heavy atom. The van der Waals surface area contributed by atoms with Crippen LogP contribution in [-0.2, 0) is 14.3 Å². The number of carbonyl (C=O) groups excluding carboxylic acids is 2. The van der Waals surface area contributed by atoms with E-state index >= 15 is 0 Å². The highest BCUT2D eigenvalue weighted by atomic mass is 35.5. The maximum absolute atomic E-state index is 12.1. The van der Waals surface area contributed by atoms with Gasteiger partial charge in [-0.15, -0.1) is 34.5 Å². The Morgan fingerprint density at radius 2 is 2.00 bits per heavy atom. The fourth-order valence-electron chi connectivity index (χ4n) is 2.54. The van der Waals surface area contributed by atoms with Gasteiger partial charge in [-0.3, -0.25) is 14.9 Å². The molecule has 1 aromatic heterocycles. The van der Waals surface area contributed by atoms with Gasteiger partial charge in [0, 0.05) is 17.4 Å². The average Bonchev–Trinajstić information content (AvgIpc) is 2.98. The lowest BCUT2D eigenvalue weighted by molar-refractivity contribution is -0.152. The summed E-state index contributed by atoms with van der Waals surface area (Å²) in [6.45, 7) is 1.15. The second kappa shape index (κ2) is 7.77. The van der Waals surface area contributed by atoms with E-state index in [9.17, 15) is 9.59 Å². The van der Waals surface area contributed by atoms with Crippen LogP contribution in [0, 0.1) is 5.41 Å². The summed E-state index contributed by atoms with van der Waals surface area (Å²) in [6, 6.07) is 5.35. The third-order valence-corrected chi connectivity index (χ3v) is 6.34. The number of esters is 1. The van der Waals surface area contributed by atoms with Crippen molar-refractivity contribution in [1.29, 1.82) is 0 Å². The number of hydrogen-bond donors (Lipinski definition) is 1. The molecule has 1 aliphatic rings. The van der Waals surface area contributed by atoms with E-state index in [0.29, 0.717) is 28.7 Å². The standard InChI is InChI=1S/C18H18Cl2N2O5S/c1-17(9-18(17,19)20)15(24)27-7-14(23)22-16-21-12(8-28-16)11-6-10(25-2)4-5-13(11)26-3/h4-6,8H,7,9H2,1-3H3,(H,21,22,23)/t17-/m1/s1. The molecular formula is C18H18Cl2N2O5S. The van der Waals surface area contributed by atoms with Crippen LogP contribution in [0.3, 0.4) is 0 Å². The lowest BCUT2D eigenvalue weighted by Gasteiger charge is -2.11. The molecule has 1 saturated carbocycles. The first-order valence-electron chi connectivity index (χ1n) is 8.23. The van der Waals surface area contributed by atoms with Gasteiger partial charge in [0.15, 0.2) is 11.7 Å². The number of amides is 1. The minimum absolute atomic E-state index is 0.293. The van der Waals surface area contributed by atoms with Crippen molar-refractivity contribution < 1.29 is 23.8 Å². The lowest BCUT2D eigenvalue weighted by Crippen LogP contribution is -2.26. The highest BCUT2D eigenvalue weighted by Crippen LogP contribution is 2.64. The number of nitrogens with one attached hydrogen (secondary N) is 1. The fourth-order valence-corrected chi connectivity index (χ4v) is 3.95. The van der Waals surface area contributed by atoms with Crippen LogP contribution in [0.2, 0.25) is 0 Å². The number of halogens is 2. The number of thiazole rings is 1. The molecular weight excluding hydrogens is 427 g/mol. The van der Waals surface area contributed by atoms with Gasteiger partial charge < -0.3 is 14.2 Å². The largest absolute Gasteiger partial charge is 0.497 e. The zero-order valence-electron chi connectivity index (χ0n) is 15.4. The molecule has 10 heteroatoms. The summed E-state index contributed by atoms with van der Waals surface area (Å²) < 4.78 is 14.5. The summed E-state index contributed by atoms with van der Waals surface area (Å²) >= 11 is 13.1. The van der Waals surface area contributed by atoms with E-state index in [4.69, 9.17) is 37.4 Å². The molecule has 2 aromatic rings. The van der Waals surface area contributed by atoms with Crippen molar-refractivity contribution in [3.63, 3.8) is 0 Å². The molecule has 0 unspecified atom stereocenters. The van der Waals surface area contributed by atoms with Gasteiger partial charge in [-0.05, 0) is 25.1 Å². The number of hydrogen-bond acceptors (Lipinski definition) is 7. The molecule has 1 heterocycles. The predicted molar refractivity (Wildman–Crippen MR) is 107 cm³/mol. The molecule has 28 heavy (non-hydrogen) atoms. The van der Waals surface area contributed by atoms with Gasteiger partial charge in [0.25, 0.3) is 5.91 Å². The van der Waals surface area contributed by atoms with Gasteiger partial charge in [-0.2, -0.15) is 0 Å². The first-order chi connectivity index (χ1) is 13.2. The Labute approximate surface area is 175 Å². The van der Waals surface area contributed by atoms with Gasteiger partial charge >= 0.3 is 5.97 Å². The molecule has 0 radical (unpaired) electrons. The Balaban J connectivity index is 1.62. The molecule has 0 spiro atoms. The SMILES string of the molecule is COc1ccc(OC)c(-c2csc(NC(=O)COC(=O)[C@@]3(C)CC3(Cl)Cl)n2)c1. The third kappa shape index (κ3) is 4.04. The predicted octanol–water partition coefficient (Wildman–Crippen LogP) is 3.89. The molecule has 1 aliphatic carbocycles. The molecule has 1 N–H and O–H groups in total. The van der Waals surface area contributed by atoms with E-state index in [1.165, 1.54) is 11.3 Å². The summed E-state index contributed by atoms with van der Waals surface area (Å²) in [5, 5.41) is 4.74. The van der Waals surface area contributed by atoms with Crippen LogP contribution in [0.5, 0.6) is 11.5 Å². The number of anilines is 1. The minimum atomic E-state index is -1.14. The van der Waals surface area contributed by atoms with Crippen LogP contribution in [0.15, 0.2) is 23.6 Å². The molecule has 7 nitrogen and oxygen atoms in total. The number of benzene rings is 1. The summed E-state index contributed by atoms with van der Waals surface area (Å²) in [7, 11) is 3.13. The maximum Gasteiger partial charge on any atom is 0.315 e. The van der Waals surface area contributed by atoms with Gasteiger partial charge in [-0.1, -0.05) is 0 Å². The van der Waals surface area contributed by atoms with Crippen molar-refractivity contribution in [2.24, 2.45) is 5.41 Å². The van der Waals surface area contributed by atoms with Crippen LogP contribution >= 0.6 is 34.5 Å². The molecule has 1 fully saturated rings. The Kier molecular flexibility index (Phi) is 5.74. The van der Waals surface area contributed by atoms with E-state index in [1.807, 2.05) is 0 Å². The highest BCUT2D eigenvalue weighted by Gasteiger charge is 2.69. The number of alkyl halides is 2. The zero-order chi connectivity index (χ0) is 20.5. The minimum Gasteiger partial charge on any atom is -0.497 e. The molecule has 0 bridgehead atoms. The van der Waals surface area contributed by atoms with Gasteiger partial charge in [-0.25, -0.2) is 4.98 Å². The van der Waals surface area contributed by atoms with E-state index in [0.717, 1.165) is 5.56 Å². The van der Waals surface area contributed by atoms with Crippen molar-refractivity contribution in [3.8, 4) is 22.8 Å². The normalized spacial score (nSPS) is 19.6. The Bertz CT molecular complexity index is 917. The second-order valence-electron chi connectivity index (χ2n) is 6.44. The monoisotopic (exact) mass is 444 g/mol. The number of rotatable bonds is 7. The number of ether oxygens (including phenoxy) is 3. The summed E-state index contributed by atoms with van der Waals surface area (Å²) in [5.41, 5.74) is 0.369. The third-order valence-electron chi connectivity index (χ3n) is 4.48. The van der Waals surface area contributed by atoms with Crippen LogP contribution in [0.25, 0.3) is 11.3 Å². The first-order valence-corrected chi connectivity index (χ1v) is 9.86. The molecule has 1 atom stereocenters. The second-order valence-corrected chi connectivity index (χ2v) is 8.78. The molecule has 150 valence electrons. The van der Waals surface area contributed by atoms with Crippen molar-refractivity contribution in [3.05, 3.63) is 23.6 Å². The number of aromatic nitrogens is 1. The first kappa shape index (κ1) is 20.7. The van der Waals surface area contributed by atoms with Crippen molar-refractivity contribution in [2.45, 2.75) is 17.7 Å². The summed E-state index contributed by atoms with van der Waals surface area (Å²) in [6.07, 6.45) is 0.293. The summed E-state index contributed by atoms with van der Waals surface area (Å²) in [5.74, 6) is 0.171. The van der Waals surface area contributed by atoms with Crippen LogP contribution in [-0.4, -0.2) is 42.0 Å². The van der Waals surface area contributed by atoms with E-state index in [2.05, 4.69) is 10.3 Å². The number of nitrogens with zero attached hydrogens (tertiary/aromatic N) is 1. The topological polar surface area (TPSA) is 86.8 Å². The average molecular weight is 445 g/mol.